The average molecular weight is 312 g/mol. The summed E-state index contributed by atoms with van der Waals surface area (Å²) in [5.74, 6) is 0.0755. The molecule has 0 spiro atoms. The Hall–Kier alpha value is -1.34. The lowest BCUT2D eigenvalue weighted by Gasteiger charge is -2.36. The van der Waals surface area contributed by atoms with Crippen molar-refractivity contribution in [3.8, 4) is 0 Å². The van der Waals surface area contributed by atoms with Crippen LogP contribution < -0.4 is 5.32 Å². The highest BCUT2D eigenvalue weighted by Gasteiger charge is 2.33. The Labute approximate surface area is 132 Å². The van der Waals surface area contributed by atoms with Gasteiger partial charge in [-0.05, 0) is 19.3 Å². The van der Waals surface area contributed by atoms with Crippen molar-refractivity contribution in [2.45, 2.75) is 25.3 Å². The number of rotatable bonds is 7. The number of carbonyl (C=O) groups excluding carboxylic acids is 2. The Kier molecular flexibility index (Phi) is 6.45. The van der Waals surface area contributed by atoms with Crippen LogP contribution in [0.1, 0.15) is 19.3 Å². The number of nitrogens with zero attached hydrogens (tertiary/aromatic N) is 3. The van der Waals surface area contributed by atoms with E-state index in [1.807, 2.05) is 11.9 Å². The van der Waals surface area contributed by atoms with Gasteiger partial charge in [0.1, 0.15) is 0 Å². The van der Waals surface area contributed by atoms with Crippen LogP contribution in [0.2, 0.25) is 0 Å². The fourth-order valence-corrected chi connectivity index (χ4v) is 3.10. The molecular weight excluding hydrogens is 284 g/mol. The fourth-order valence-electron chi connectivity index (χ4n) is 3.10. The second-order valence-corrected chi connectivity index (χ2v) is 6.10. The van der Waals surface area contributed by atoms with E-state index in [1.165, 1.54) is 0 Å². The second kappa shape index (κ2) is 8.33. The molecule has 2 saturated heterocycles. The summed E-state index contributed by atoms with van der Waals surface area (Å²) >= 11 is 0. The van der Waals surface area contributed by atoms with Crippen molar-refractivity contribution in [3.63, 3.8) is 0 Å². The van der Waals surface area contributed by atoms with Crippen LogP contribution in [-0.4, -0.2) is 92.7 Å². The van der Waals surface area contributed by atoms with Gasteiger partial charge in [-0.25, -0.2) is 4.79 Å². The zero-order chi connectivity index (χ0) is 15.9. The van der Waals surface area contributed by atoms with Crippen LogP contribution in [0.3, 0.4) is 0 Å². The molecule has 7 nitrogen and oxygen atoms in total. The molecule has 0 radical (unpaired) electrons. The minimum atomic E-state index is 0.0755. The first-order valence-electron chi connectivity index (χ1n) is 8.11. The number of carbonyl (C=O) groups is 2. The van der Waals surface area contributed by atoms with Gasteiger partial charge in [0.15, 0.2) is 0 Å². The van der Waals surface area contributed by atoms with Gasteiger partial charge >= 0.3 is 6.03 Å². The molecule has 3 amide bonds. The summed E-state index contributed by atoms with van der Waals surface area (Å²) in [4.78, 5) is 29.8. The van der Waals surface area contributed by atoms with Gasteiger partial charge in [0.05, 0.1) is 6.54 Å². The number of likely N-dealkylation sites (tertiary alicyclic amines) is 1. The zero-order valence-corrected chi connectivity index (χ0v) is 13.7. The third-order valence-corrected chi connectivity index (χ3v) is 4.46. The predicted molar refractivity (Wildman–Crippen MR) is 83.7 cm³/mol. The maximum absolute atomic E-state index is 12.0. The van der Waals surface area contributed by atoms with Crippen LogP contribution in [0.5, 0.6) is 0 Å². The third-order valence-electron chi connectivity index (χ3n) is 4.46. The van der Waals surface area contributed by atoms with E-state index in [0.717, 1.165) is 45.4 Å². The SMILES string of the molecule is COCCCNC(=O)CN1CCC(N2CCN(C)C2=O)CC1. The highest BCUT2D eigenvalue weighted by Crippen LogP contribution is 2.20. The maximum Gasteiger partial charge on any atom is 0.320 e. The van der Waals surface area contributed by atoms with Crippen LogP contribution in [0.4, 0.5) is 4.79 Å². The number of hydrogen-bond acceptors (Lipinski definition) is 4. The smallest absolute Gasteiger partial charge is 0.320 e. The Morgan fingerprint density at radius 2 is 2.00 bits per heavy atom. The molecule has 0 saturated carbocycles. The standard InChI is InChI=1S/C15H28N4O3/c1-17-9-10-19(15(17)21)13-4-7-18(8-5-13)12-14(20)16-6-3-11-22-2/h13H,3-12H2,1-2H3,(H,16,20). The lowest BCUT2D eigenvalue weighted by atomic mass is 10.0. The Morgan fingerprint density at radius 1 is 1.27 bits per heavy atom. The Balaban J connectivity index is 1.65. The van der Waals surface area contributed by atoms with E-state index in [4.69, 9.17) is 4.74 Å². The predicted octanol–water partition coefficient (Wildman–Crippen LogP) is -0.0291. The first-order chi connectivity index (χ1) is 10.6. The zero-order valence-electron chi connectivity index (χ0n) is 13.7. The first-order valence-corrected chi connectivity index (χ1v) is 8.11. The van der Waals surface area contributed by atoms with Crippen molar-refractivity contribution in [2.24, 2.45) is 0 Å². The number of nitrogens with one attached hydrogen (secondary N) is 1. The number of methoxy groups -OCH3 is 1. The van der Waals surface area contributed by atoms with Gasteiger partial charge in [-0.1, -0.05) is 0 Å². The summed E-state index contributed by atoms with van der Waals surface area (Å²) in [5, 5.41) is 2.91. The van der Waals surface area contributed by atoms with E-state index in [0.29, 0.717) is 25.7 Å². The molecule has 0 aliphatic carbocycles. The molecule has 22 heavy (non-hydrogen) atoms. The van der Waals surface area contributed by atoms with Crippen molar-refractivity contribution in [1.82, 2.24) is 20.0 Å². The van der Waals surface area contributed by atoms with E-state index in [-0.39, 0.29) is 11.9 Å². The highest BCUT2D eigenvalue weighted by atomic mass is 16.5. The molecule has 0 aromatic carbocycles. The van der Waals surface area contributed by atoms with Crippen LogP contribution in [0.15, 0.2) is 0 Å². The monoisotopic (exact) mass is 312 g/mol. The Bertz CT molecular complexity index is 383. The largest absolute Gasteiger partial charge is 0.385 e. The molecule has 0 aromatic heterocycles. The van der Waals surface area contributed by atoms with Gasteiger partial charge in [0, 0.05) is 59.5 Å². The molecule has 126 valence electrons. The van der Waals surface area contributed by atoms with Gasteiger partial charge in [-0.15, -0.1) is 0 Å². The average Bonchev–Trinajstić information content (AvgIpc) is 2.84. The van der Waals surface area contributed by atoms with Crippen molar-refractivity contribution in [1.29, 1.82) is 0 Å². The van der Waals surface area contributed by atoms with Gasteiger partial charge in [-0.2, -0.15) is 0 Å². The summed E-state index contributed by atoms with van der Waals surface area (Å²) in [5.41, 5.74) is 0. The van der Waals surface area contributed by atoms with Crippen LogP contribution in [0, 0.1) is 0 Å². The number of ether oxygens (including phenoxy) is 1. The molecule has 0 unspecified atom stereocenters. The van der Waals surface area contributed by atoms with Gasteiger partial charge in [0.25, 0.3) is 0 Å². The molecule has 2 heterocycles. The minimum Gasteiger partial charge on any atom is -0.385 e. The maximum atomic E-state index is 12.0. The van der Waals surface area contributed by atoms with Gasteiger partial charge < -0.3 is 19.9 Å². The molecule has 2 fully saturated rings. The molecule has 2 rings (SSSR count). The van der Waals surface area contributed by atoms with Crippen LogP contribution >= 0.6 is 0 Å². The molecule has 2 aliphatic heterocycles. The second-order valence-electron chi connectivity index (χ2n) is 6.10. The summed E-state index contributed by atoms with van der Waals surface area (Å²) in [6, 6.07) is 0.479. The number of urea groups is 1. The lowest BCUT2D eigenvalue weighted by Crippen LogP contribution is -2.48. The summed E-state index contributed by atoms with van der Waals surface area (Å²) in [6.45, 7) is 5.20. The van der Waals surface area contributed by atoms with Crippen molar-refractivity contribution >= 4 is 11.9 Å². The van der Waals surface area contributed by atoms with E-state index in [1.54, 1.807) is 12.0 Å². The topological polar surface area (TPSA) is 65.1 Å². The van der Waals surface area contributed by atoms with E-state index in [2.05, 4.69) is 10.2 Å². The van der Waals surface area contributed by atoms with Gasteiger partial charge in [-0.3, -0.25) is 9.69 Å². The lowest BCUT2D eigenvalue weighted by molar-refractivity contribution is -0.122. The number of hydrogen-bond donors (Lipinski definition) is 1. The highest BCUT2D eigenvalue weighted by molar-refractivity contribution is 5.78. The molecule has 7 heteroatoms. The van der Waals surface area contributed by atoms with Crippen molar-refractivity contribution in [3.05, 3.63) is 0 Å². The number of amides is 3. The summed E-state index contributed by atoms with van der Waals surface area (Å²) < 4.78 is 4.95. The van der Waals surface area contributed by atoms with E-state index >= 15 is 0 Å². The van der Waals surface area contributed by atoms with Crippen molar-refractivity contribution < 1.29 is 14.3 Å². The Morgan fingerprint density at radius 3 is 2.59 bits per heavy atom. The normalized spacial score (nSPS) is 20.7. The van der Waals surface area contributed by atoms with Gasteiger partial charge in [0.2, 0.25) is 5.91 Å². The number of piperidine rings is 1. The molecule has 0 bridgehead atoms. The fraction of sp³-hybridized carbons (Fsp3) is 0.867. The minimum absolute atomic E-state index is 0.0755. The van der Waals surface area contributed by atoms with Crippen molar-refractivity contribution in [2.75, 3.05) is 60.0 Å². The summed E-state index contributed by atoms with van der Waals surface area (Å²) in [7, 11) is 3.51. The third kappa shape index (κ3) is 4.58. The van der Waals surface area contributed by atoms with Crippen LogP contribution in [-0.2, 0) is 9.53 Å². The number of likely N-dealkylation sites (N-methyl/N-ethyl adjacent to an activating group) is 1. The quantitative estimate of drug-likeness (QED) is 0.671. The molecular formula is C15H28N4O3. The molecule has 2 aliphatic rings. The molecule has 0 atom stereocenters. The van der Waals surface area contributed by atoms with E-state index in [9.17, 15) is 9.59 Å². The summed E-state index contributed by atoms with van der Waals surface area (Å²) in [6.07, 6.45) is 2.75. The molecule has 1 N–H and O–H groups in total. The first kappa shape index (κ1) is 17.0. The van der Waals surface area contributed by atoms with Crippen LogP contribution in [0.25, 0.3) is 0 Å². The van der Waals surface area contributed by atoms with E-state index < -0.39 is 0 Å². The molecule has 0 aromatic rings.